The summed E-state index contributed by atoms with van der Waals surface area (Å²) >= 11 is 2.04. The molecule has 0 bridgehead atoms. The van der Waals surface area contributed by atoms with Gasteiger partial charge in [-0.2, -0.15) is 11.8 Å². The Kier molecular flexibility index (Phi) is 4.42. The Morgan fingerprint density at radius 2 is 2.24 bits per heavy atom. The highest BCUT2D eigenvalue weighted by atomic mass is 32.2. The molecular weight excluding hydrogens is 234 g/mol. The summed E-state index contributed by atoms with van der Waals surface area (Å²) in [5, 5.41) is 3.46. The molecule has 0 aliphatic carbocycles. The number of methoxy groups -OCH3 is 2. The minimum atomic E-state index is 0.784. The van der Waals surface area contributed by atoms with Gasteiger partial charge in [-0.1, -0.05) is 0 Å². The molecule has 1 heterocycles. The largest absolute Gasteiger partial charge is 0.497 e. The van der Waals surface area contributed by atoms with E-state index in [4.69, 9.17) is 9.47 Å². The van der Waals surface area contributed by atoms with E-state index in [-0.39, 0.29) is 0 Å². The topological polar surface area (TPSA) is 30.5 Å². The first-order valence-corrected chi connectivity index (χ1v) is 7.02. The first kappa shape index (κ1) is 12.4. The van der Waals surface area contributed by atoms with Crippen LogP contribution in [-0.2, 0) is 0 Å². The maximum Gasteiger partial charge on any atom is 0.145 e. The Morgan fingerprint density at radius 3 is 2.88 bits per heavy atom. The average molecular weight is 253 g/mol. The standard InChI is InChI=1S/C13H19NO2S/c1-15-11-3-4-12(13(7-11)16-2)14-8-10-5-6-17-9-10/h3-4,7,10,14H,5-6,8-9H2,1-2H3. The van der Waals surface area contributed by atoms with E-state index in [1.807, 2.05) is 30.0 Å². The first-order chi connectivity index (χ1) is 8.33. The molecule has 1 N–H and O–H groups in total. The monoisotopic (exact) mass is 253 g/mol. The molecule has 0 spiro atoms. The normalized spacial score (nSPS) is 19.1. The molecule has 94 valence electrons. The van der Waals surface area contributed by atoms with Crippen molar-refractivity contribution in [2.75, 3.05) is 37.6 Å². The van der Waals surface area contributed by atoms with Gasteiger partial charge in [-0.25, -0.2) is 0 Å². The summed E-state index contributed by atoms with van der Waals surface area (Å²) < 4.78 is 10.5. The van der Waals surface area contributed by atoms with Crippen LogP contribution < -0.4 is 14.8 Å². The van der Waals surface area contributed by atoms with Gasteiger partial charge >= 0.3 is 0 Å². The second kappa shape index (κ2) is 6.05. The lowest BCUT2D eigenvalue weighted by atomic mass is 10.1. The van der Waals surface area contributed by atoms with Crippen molar-refractivity contribution in [3.05, 3.63) is 18.2 Å². The van der Waals surface area contributed by atoms with Crippen molar-refractivity contribution in [1.29, 1.82) is 0 Å². The van der Waals surface area contributed by atoms with Crippen molar-refractivity contribution in [3.8, 4) is 11.5 Å². The van der Waals surface area contributed by atoms with Crippen molar-refractivity contribution in [1.82, 2.24) is 0 Å². The lowest BCUT2D eigenvalue weighted by Gasteiger charge is -2.15. The van der Waals surface area contributed by atoms with Crippen LogP contribution in [0.5, 0.6) is 11.5 Å². The average Bonchev–Trinajstić information content (AvgIpc) is 2.89. The zero-order chi connectivity index (χ0) is 12.1. The zero-order valence-electron chi connectivity index (χ0n) is 10.4. The highest BCUT2D eigenvalue weighted by Gasteiger charge is 2.15. The summed E-state index contributed by atoms with van der Waals surface area (Å²) in [6, 6.07) is 5.87. The molecular formula is C13H19NO2S. The minimum Gasteiger partial charge on any atom is -0.497 e. The molecule has 0 radical (unpaired) electrons. The number of nitrogens with one attached hydrogen (secondary N) is 1. The van der Waals surface area contributed by atoms with Gasteiger partial charge in [0.25, 0.3) is 0 Å². The predicted octanol–water partition coefficient (Wildman–Crippen LogP) is 2.87. The molecule has 0 saturated carbocycles. The molecule has 1 aliphatic heterocycles. The number of benzene rings is 1. The van der Waals surface area contributed by atoms with Crippen molar-refractivity contribution in [3.63, 3.8) is 0 Å². The molecule has 1 aromatic carbocycles. The van der Waals surface area contributed by atoms with Gasteiger partial charge in [-0.3, -0.25) is 0 Å². The molecule has 2 rings (SSSR count). The molecule has 1 aliphatic rings. The number of thioether (sulfide) groups is 1. The van der Waals surface area contributed by atoms with Gasteiger partial charge in [-0.15, -0.1) is 0 Å². The van der Waals surface area contributed by atoms with E-state index in [2.05, 4.69) is 5.32 Å². The summed E-state index contributed by atoms with van der Waals surface area (Å²) in [7, 11) is 3.35. The van der Waals surface area contributed by atoms with Gasteiger partial charge in [0.2, 0.25) is 0 Å². The van der Waals surface area contributed by atoms with Gasteiger partial charge in [0.05, 0.1) is 19.9 Å². The van der Waals surface area contributed by atoms with E-state index < -0.39 is 0 Å². The van der Waals surface area contributed by atoms with Gasteiger partial charge in [0.1, 0.15) is 11.5 Å². The predicted molar refractivity (Wildman–Crippen MR) is 73.5 cm³/mol. The van der Waals surface area contributed by atoms with Crippen LogP contribution in [0.25, 0.3) is 0 Å². The summed E-state index contributed by atoms with van der Waals surface area (Å²) in [6.07, 6.45) is 1.32. The minimum absolute atomic E-state index is 0.784. The lowest BCUT2D eigenvalue weighted by molar-refractivity contribution is 0.395. The molecule has 1 aromatic rings. The third kappa shape index (κ3) is 3.22. The molecule has 0 amide bonds. The third-order valence-corrected chi connectivity index (χ3v) is 4.25. The highest BCUT2D eigenvalue weighted by molar-refractivity contribution is 7.99. The van der Waals surface area contributed by atoms with Gasteiger partial charge < -0.3 is 14.8 Å². The summed E-state index contributed by atoms with van der Waals surface area (Å²) in [5.74, 6) is 5.02. The Hall–Kier alpha value is -1.03. The maximum absolute atomic E-state index is 5.36. The lowest BCUT2D eigenvalue weighted by Crippen LogP contribution is -2.13. The molecule has 1 atom stereocenters. The molecule has 1 saturated heterocycles. The Balaban J connectivity index is 1.98. The molecule has 3 nitrogen and oxygen atoms in total. The fourth-order valence-corrected chi connectivity index (χ4v) is 3.23. The quantitative estimate of drug-likeness (QED) is 0.874. The van der Waals surface area contributed by atoms with Crippen LogP contribution in [0.15, 0.2) is 18.2 Å². The van der Waals surface area contributed by atoms with Gasteiger partial charge in [0.15, 0.2) is 0 Å². The Bertz CT molecular complexity index is 364. The fraction of sp³-hybridized carbons (Fsp3) is 0.538. The van der Waals surface area contributed by atoms with E-state index in [1.165, 1.54) is 17.9 Å². The van der Waals surface area contributed by atoms with Crippen LogP contribution in [0.3, 0.4) is 0 Å². The number of rotatable bonds is 5. The molecule has 4 heteroatoms. The van der Waals surface area contributed by atoms with Crippen LogP contribution in [0.2, 0.25) is 0 Å². The number of ether oxygens (including phenoxy) is 2. The SMILES string of the molecule is COc1ccc(NCC2CCSC2)c(OC)c1. The van der Waals surface area contributed by atoms with Gasteiger partial charge in [0, 0.05) is 12.6 Å². The maximum atomic E-state index is 5.36. The summed E-state index contributed by atoms with van der Waals surface area (Å²) in [5.41, 5.74) is 1.05. The number of hydrogen-bond acceptors (Lipinski definition) is 4. The highest BCUT2D eigenvalue weighted by Crippen LogP contribution is 2.30. The zero-order valence-corrected chi connectivity index (χ0v) is 11.2. The Morgan fingerprint density at radius 1 is 1.35 bits per heavy atom. The second-order valence-electron chi connectivity index (χ2n) is 4.18. The molecule has 0 aromatic heterocycles. The van der Waals surface area contributed by atoms with Crippen molar-refractivity contribution >= 4 is 17.4 Å². The van der Waals surface area contributed by atoms with Crippen LogP contribution in [0.1, 0.15) is 6.42 Å². The van der Waals surface area contributed by atoms with Gasteiger partial charge in [-0.05, 0) is 36.0 Å². The van der Waals surface area contributed by atoms with E-state index >= 15 is 0 Å². The fourth-order valence-electron chi connectivity index (χ4n) is 1.94. The van der Waals surface area contributed by atoms with E-state index in [0.717, 1.165) is 29.6 Å². The smallest absolute Gasteiger partial charge is 0.145 e. The first-order valence-electron chi connectivity index (χ1n) is 5.87. The number of anilines is 1. The van der Waals surface area contributed by atoms with Crippen molar-refractivity contribution in [2.24, 2.45) is 5.92 Å². The molecule has 1 fully saturated rings. The van der Waals surface area contributed by atoms with Crippen molar-refractivity contribution < 1.29 is 9.47 Å². The summed E-state index contributed by atoms with van der Waals surface area (Å²) in [6.45, 7) is 1.02. The van der Waals surface area contributed by atoms with Crippen LogP contribution >= 0.6 is 11.8 Å². The van der Waals surface area contributed by atoms with Crippen LogP contribution in [-0.4, -0.2) is 32.3 Å². The third-order valence-electron chi connectivity index (χ3n) is 3.01. The summed E-state index contributed by atoms with van der Waals surface area (Å²) in [4.78, 5) is 0. The van der Waals surface area contributed by atoms with Crippen LogP contribution in [0.4, 0.5) is 5.69 Å². The van der Waals surface area contributed by atoms with E-state index in [9.17, 15) is 0 Å². The Labute approximate surface area is 107 Å². The number of hydrogen-bond donors (Lipinski definition) is 1. The van der Waals surface area contributed by atoms with E-state index in [1.54, 1.807) is 14.2 Å². The van der Waals surface area contributed by atoms with E-state index in [0.29, 0.717) is 0 Å². The van der Waals surface area contributed by atoms with Crippen molar-refractivity contribution in [2.45, 2.75) is 6.42 Å². The second-order valence-corrected chi connectivity index (χ2v) is 5.33. The molecule has 1 unspecified atom stereocenters. The molecule has 17 heavy (non-hydrogen) atoms. The van der Waals surface area contributed by atoms with Crippen LogP contribution in [0, 0.1) is 5.92 Å².